The standard InChI is InChI=1S/C61H38N2S/c1-3-16-40(17-4-1)61(41-18-5-2-6-19-41)52-26-11-7-20-45(52)46-35-34-43(38-53(46)61)62-55-28-13-9-23-51(55)58-56(62)37-36-49-47-21-8-12-27-54(47)63(59(49)58)42-32-30-39(31-33-42)44-24-15-25-50-48-22-10-14-29-57(48)64-60(44)50/h1-38H. The number of hydrogen-bond donors (Lipinski definition) is 0. The van der Waals surface area contributed by atoms with Crippen LogP contribution in [0.3, 0.4) is 0 Å². The fraction of sp³-hybridized carbons (Fsp3) is 0.0164. The van der Waals surface area contributed by atoms with Gasteiger partial charge < -0.3 is 9.13 Å². The second-order valence-corrected chi connectivity index (χ2v) is 18.2. The summed E-state index contributed by atoms with van der Waals surface area (Å²) in [6.45, 7) is 0. The Morgan fingerprint density at radius 3 is 1.72 bits per heavy atom. The molecule has 0 amide bonds. The minimum Gasteiger partial charge on any atom is -0.309 e. The number of nitrogens with zero attached hydrogens (tertiary/aromatic N) is 2. The Hall–Kier alpha value is -7.98. The summed E-state index contributed by atoms with van der Waals surface area (Å²) in [5.41, 5.74) is 16.8. The molecule has 0 unspecified atom stereocenters. The van der Waals surface area contributed by atoms with Crippen molar-refractivity contribution < 1.29 is 0 Å². The Morgan fingerprint density at radius 1 is 0.344 bits per heavy atom. The van der Waals surface area contributed by atoms with Crippen molar-refractivity contribution in [3.8, 4) is 33.6 Å². The third kappa shape index (κ3) is 4.79. The lowest BCUT2D eigenvalue weighted by molar-refractivity contribution is 0.767. The van der Waals surface area contributed by atoms with Crippen LogP contribution in [0.25, 0.3) is 97.4 Å². The van der Waals surface area contributed by atoms with Crippen LogP contribution in [-0.4, -0.2) is 9.13 Å². The van der Waals surface area contributed by atoms with Crippen LogP contribution in [0.4, 0.5) is 0 Å². The van der Waals surface area contributed by atoms with Crippen molar-refractivity contribution in [2.75, 3.05) is 0 Å². The van der Waals surface area contributed by atoms with E-state index in [1.807, 2.05) is 11.3 Å². The molecule has 1 aliphatic rings. The van der Waals surface area contributed by atoms with Crippen molar-refractivity contribution in [3.05, 3.63) is 253 Å². The summed E-state index contributed by atoms with van der Waals surface area (Å²) in [6.07, 6.45) is 0. The van der Waals surface area contributed by atoms with Crippen LogP contribution in [0.1, 0.15) is 22.3 Å². The molecule has 3 heteroatoms. The van der Waals surface area contributed by atoms with Gasteiger partial charge in [0.2, 0.25) is 0 Å². The molecular formula is C61H38N2S. The maximum atomic E-state index is 2.50. The molecular weight excluding hydrogens is 793 g/mol. The molecule has 0 atom stereocenters. The first-order chi connectivity index (χ1) is 31.8. The predicted octanol–water partition coefficient (Wildman–Crippen LogP) is 16.3. The van der Waals surface area contributed by atoms with Crippen LogP contribution in [0.2, 0.25) is 0 Å². The average Bonchev–Trinajstić information content (AvgIpc) is 4.10. The van der Waals surface area contributed by atoms with Crippen molar-refractivity contribution in [3.63, 3.8) is 0 Å². The summed E-state index contributed by atoms with van der Waals surface area (Å²) in [4.78, 5) is 0. The molecule has 0 fully saturated rings. The van der Waals surface area contributed by atoms with Crippen LogP contribution < -0.4 is 0 Å². The highest BCUT2D eigenvalue weighted by Crippen LogP contribution is 2.57. The van der Waals surface area contributed by atoms with Gasteiger partial charge >= 0.3 is 0 Å². The lowest BCUT2D eigenvalue weighted by atomic mass is 9.67. The van der Waals surface area contributed by atoms with Crippen LogP contribution in [0.15, 0.2) is 231 Å². The first kappa shape index (κ1) is 35.6. The van der Waals surface area contributed by atoms with Crippen molar-refractivity contribution in [2.45, 2.75) is 5.41 Å². The molecule has 0 bridgehead atoms. The Balaban J connectivity index is 1.01. The highest BCUT2D eigenvalue weighted by atomic mass is 32.1. The molecule has 2 nitrogen and oxygen atoms in total. The number of hydrogen-bond acceptors (Lipinski definition) is 1. The van der Waals surface area contributed by atoms with Crippen molar-refractivity contribution in [2.24, 2.45) is 0 Å². The number of thiophene rings is 1. The summed E-state index contributed by atoms with van der Waals surface area (Å²) >= 11 is 1.88. The van der Waals surface area contributed by atoms with Gasteiger partial charge in [0, 0.05) is 53.1 Å². The molecule has 0 radical (unpaired) electrons. The molecule has 3 aromatic heterocycles. The average molecular weight is 831 g/mol. The fourth-order valence-electron chi connectivity index (χ4n) is 11.4. The minimum atomic E-state index is -0.489. The van der Waals surface area contributed by atoms with E-state index in [2.05, 4.69) is 240 Å². The first-order valence-electron chi connectivity index (χ1n) is 22.1. The molecule has 298 valence electrons. The molecule has 0 saturated carbocycles. The molecule has 14 rings (SSSR count). The van der Waals surface area contributed by atoms with E-state index in [1.165, 1.54) is 108 Å². The van der Waals surface area contributed by atoms with Gasteiger partial charge in [-0.1, -0.05) is 182 Å². The summed E-state index contributed by atoms with van der Waals surface area (Å²) in [5.74, 6) is 0. The number of aromatic nitrogens is 2. The maximum absolute atomic E-state index is 2.50. The van der Waals surface area contributed by atoms with E-state index in [0.717, 1.165) is 11.4 Å². The van der Waals surface area contributed by atoms with E-state index in [-0.39, 0.29) is 0 Å². The molecule has 13 aromatic rings. The summed E-state index contributed by atoms with van der Waals surface area (Å²) in [5, 5.41) is 7.64. The monoisotopic (exact) mass is 830 g/mol. The van der Waals surface area contributed by atoms with E-state index in [4.69, 9.17) is 0 Å². The molecule has 3 heterocycles. The smallest absolute Gasteiger partial charge is 0.0714 e. The van der Waals surface area contributed by atoms with Gasteiger partial charge in [0.05, 0.1) is 27.5 Å². The number of para-hydroxylation sites is 2. The highest BCUT2D eigenvalue weighted by molar-refractivity contribution is 7.26. The molecule has 1 aliphatic carbocycles. The van der Waals surface area contributed by atoms with E-state index in [1.54, 1.807) is 0 Å². The lowest BCUT2D eigenvalue weighted by Gasteiger charge is -2.34. The Labute approximate surface area is 374 Å². The van der Waals surface area contributed by atoms with E-state index in [9.17, 15) is 0 Å². The van der Waals surface area contributed by atoms with Gasteiger partial charge in [-0.05, 0) is 93.0 Å². The van der Waals surface area contributed by atoms with Gasteiger partial charge in [0.15, 0.2) is 0 Å². The van der Waals surface area contributed by atoms with E-state index in [0.29, 0.717) is 0 Å². The fourth-order valence-corrected chi connectivity index (χ4v) is 12.6. The Kier molecular flexibility index (Phi) is 7.51. The second-order valence-electron chi connectivity index (χ2n) is 17.1. The van der Waals surface area contributed by atoms with Gasteiger partial charge in [0.25, 0.3) is 0 Å². The second kappa shape index (κ2) is 13.5. The van der Waals surface area contributed by atoms with Crippen molar-refractivity contribution in [1.82, 2.24) is 9.13 Å². The molecule has 0 spiro atoms. The zero-order chi connectivity index (χ0) is 41.9. The lowest BCUT2D eigenvalue weighted by Crippen LogP contribution is -2.28. The molecule has 0 saturated heterocycles. The molecule has 10 aromatic carbocycles. The number of fused-ring (bicyclic) bond motifs is 13. The predicted molar refractivity (Wildman–Crippen MR) is 271 cm³/mol. The molecule has 0 N–H and O–H groups in total. The summed E-state index contributed by atoms with van der Waals surface area (Å²) in [7, 11) is 0. The van der Waals surface area contributed by atoms with Crippen LogP contribution in [-0.2, 0) is 5.41 Å². The Morgan fingerprint density at radius 2 is 0.938 bits per heavy atom. The third-order valence-electron chi connectivity index (χ3n) is 14.0. The Bertz CT molecular complexity index is 3960. The van der Waals surface area contributed by atoms with Gasteiger partial charge in [-0.2, -0.15) is 0 Å². The minimum absolute atomic E-state index is 0.489. The zero-order valence-corrected chi connectivity index (χ0v) is 35.6. The normalized spacial score (nSPS) is 13.1. The van der Waals surface area contributed by atoms with E-state index >= 15 is 0 Å². The maximum Gasteiger partial charge on any atom is 0.0714 e. The summed E-state index contributed by atoms with van der Waals surface area (Å²) in [6, 6.07) is 85.7. The van der Waals surface area contributed by atoms with Crippen molar-refractivity contribution in [1.29, 1.82) is 0 Å². The highest BCUT2D eigenvalue weighted by Gasteiger charge is 2.46. The van der Waals surface area contributed by atoms with Crippen LogP contribution in [0.5, 0.6) is 0 Å². The van der Waals surface area contributed by atoms with Crippen LogP contribution >= 0.6 is 11.3 Å². The van der Waals surface area contributed by atoms with Crippen LogP contribution in [0, 0.1) is 0 Å². The van der Waals surface area contributed by atoms with Gasteiger partial charge in [-0.3, -0.25) is 0 Å². The SMILES string of the molecule is c1ccc(C2(c3ccccc3)c3ccccc3-c3ccc(-n4c5ccccc5c5c4ccc4c6ccccc6n(-c6ccc(-c7cccc8c7sc7ccccc78)cc6)c45)cc32)cc1. The molecule has 0 aliphatic heterocycles. The largest absolute Gasteiger partial charge is 0.309 e. The third-order valence-corrected chi connectivity index (χ3v) is 15.2. The topological polar surface area (TPSA) is 9.86 Å². The molecule has 64 heavy (non-hydrogen) atoms. The quantitative estimate of drug-likeness (QED) is 0.164. The van der Waals surface area contributed by atoms with E-state index < -0.39 is 5.41 Å². The van der Waals surface area contributed by atoms with Gasteiger partial charge in [-0.25, -0.2) is 0 Å². The van der Waals surface area contributed by atoms with Crippen molar-refractivity contribution >= 4 is 75.1 Å². The summed E-state index contributed by atoms with van der Waals surface area (Å²) < 4.78 is 7.67. The first-order valence-corrected chi connectivity index (χ1v) is 22.9. The number of rotatable bonds is 5. The van der Waals surface area contributed by atoms with Gasteiger partial charge in [0.1, 0.15) is 0 Å². The van der Waals surface area contributed by atoms with Gasteiger partial charge in [-0.15, -0.1) is 11.3 Å². The zero-order valence-electron chi connectivity index (χ0n) is 34.7. The number of benzene rings is 10.